The fourth-order valence-corrected chi connectivity index (χ4v) is 7.46. The molecule has 0 amide bonds. The highest BCUT2D eigenvalue weighted by Gasteiger charge is 2.34. The molecule has 5 aromatic carbocycles. The van der Waals surface area contributed by atoms with Crippen LogP contribution in [0.25, 0.3) is 21.9 Å². The van der Waals surface area contributed by atoms with Gasteiger partial charge in [0, 0.05) is 21.3 Å². The van der Waals surface area contributed by atoms with Crippen LogP contribution in [0.5, 0.6) is 5.75 Å². The number of aromatic hydroxyl groups is 1. The fraction of sp³-hybridized carbons (Fsp3) is 0.0345. The molecule has 0 aliphatic rings. The summed E-state index contributed by atoms with van der Waals surface area (Å²) in [5.74, 6) is 0.188. The highest BCUT2D eigenvalue weighted by atomic mass is 31.2. The van der Waals surface area contributed by atoms with E-state index in [-0.39, 0.29) is 5.75 Å². The van der Waals surface area contributed by atoms with E-state index in [0.717, 1.165) is 38.0 Å². The molecule has 0 aliphatic carbocycles. The summed E-state index contributed by atoms with van der Waals surface area (Å²) in [6.45, 7) is 2.04. The average molecular weight is 434 g/mol. The molecule has 0 saturated carbocycles. The van der Waals surface area contributed by atoms with Gasteiger partial charge in [-0.2, -0.15) is 0 Å². The Bertz CT molecular complexity index is 1410. The summed E-state index contributed by atoms with van der Waals surface area (Å²) in [6.07, 6.45) is 0. The van der Waals surface area contributed by atoms with Gasteiger partial charge in [0.15, 0.2) is 7.14 Å². The van der Waals surface area contributed by atoms with E-state index in [9.17, 15) is 5.11 Å². The highest BCUT2D eigenvalue weighted by molar-refractivity contribution is 7.86. The predicted octanol–water partition coefficient (Wildman–Crippen LogP) is 6.16. The molecule has 0 aliphatic heterocycles. The molecule has 32 heavy (non-hydrogen) atoms. The van der Waals surface area contributed by atoms with Crippen molar-refractivity contribution in [2.75, 3.05) is 0 Å². The van der Waals surface area contributed by atoms with E-state index in [4.69, 9.17) is 0 Å². The zero-order chi connectivity index (χ0) is 22.1. The predicted molar refractivity (Wildman–Crippen MR) is 135 cm³/mol. The molecule has 156 valence electrons. The Hall–Kier alpha value is -3.61. The summed E-state index contributed by atoms with van der Waals surface area (Å²) in [4.78, 5) is 0. The second-order valence-corrected chi connectivity index (χ2v) is 10.7. The number of hydrogen-bond acceptors (Lipinski definition) is 2. The first kappa shape index (κ1) is 20.3. The first-order valence-electron chi connectivity index (χ1n) is 10.6. The first-order chi connectivity index (χ1) is 15.6. The molecule has 0 unspecified atom stereocenters. The van der Waals surface area contributed by atoms with Crippen molar-refractivity contribution in [3.63, 3.8) is 0 Å². The number of rotatable bonds is 4. The zero-order valence-electron chi connectivity index (χ0n) is 17.8. The Morgan fingerprint density at radius 3 is 1.78 bits per heavy atom. The van der Waals surface area contributed by atoms with Crippen LogP contribution < -0.4 is 15.9 Å². The Kier molecular flexibility index (Phi) is 5.17. The quantitative estimate of drug-likeness (QED) is 0.344. The number of hydrogen-bond donors (Lipinski definition) is 1. The van der Waals surface area contributed by atoms with Gasteiger partial charge in [0.2, 0.25) is 0 Å². The first-order valence-corrected chi connectivity index (χ1v) is 12.3. The van der Waals surface area contributed by atoms with Crippen LogP contribution in [0.15, 0.2) is 115 Å². The average Bonchev–Trinajstić information content (AvgIpc) is 2.85. The van der Waals surface area contributed by atoms with Gasteiger partial charge in [-0.15, -0.1) is 0 Å². The van der Waals surface area contributed by atoms with Crippen molar-refractivity contribution in [3.8, 4) is 16.9 Å². The van der Waals surface area contributed by atoms with Crippen LogP contribution in [-0.4, -0.2) is 5.11 Å². The summed E-state index contributed by atoms with van der Waals surface area (Å²) in [5.41, 5.74) is 2.84. The molecule has 0 atom stereocenters. The molecule has 0 bridgehead atoms. The Morgan fingerprint density at radius 1 is 0.625 bits per heavy atom. The lowest BCUT2D eigenvalue weighted by molar-refractivity contribution is 0.482. The van der Waals surface area contributed by atoms with Gasteiger partial charge in [-0.1, -0.05) is 115 Å². The van der Waals surface area contributed by atoms with Gasteiger partial charge in [0.1, 0.15) is 5.75 Å². The van der Waals surface area contributed by atoms with Gasteiger partial charge in [0.05, 0.1) is 0 Å². The van der Waals surface area contributed by atoms with Crippen LogP contribution in [0.3, 0.4) is 0 Å². The van der Waals surface area contributed by atoms with Gasteiger partial charge in [-0.25, -0.2) is 0 Å². The molecule has 1 N–H and O–H groups in total. The van der Waals surface area contributed by atoms with Crippen molar-refractivity contribution in [2.24, 2.45) is 0 Å². The largest absolute Gasteiger partial charge is 0.507 e. The molecule has 0 saturated heterocycles. The van der Waals surface area contributed by atoms with Crippen LogP contribution in [0.2, 0.25) is 0 Å². The van der Waals surface area contributed by atoms with Crippen LogP contribution >= 0.6 is 7.14 Å². The minimum Gasteiger partial charge on any atom is -0.507 e. The number of benzene rings is 5. The number of fused-ring (bicyclic) bond motifs is 1. The molecular formula is C29H23O2P. The molecule has 2 nitrogen and oxygen atoms in total. The maximum atomic E-state index is 15.3. The van der Waals surface area contributed by atoms with Crippen molar-refractivity contribution in [1.82, 2.24) is 0 Å². The smallest absolute Gasteiger partial charge is 0.172 e. The fourth-order valence-electron chi connectivity index (χ4n) is 4.40. The number of phenolic OH excluding ortho intramolecular Hbond substituents is 1. The van der Waals surface area contributed by atoms with E-state index < -0.39 is 7.14 Å². The standard InChI is InChI=1S/C29H23O2P/c1-21-11-10-12-22(19-21)27-20-28(30)25-17-8-9-18-26(25)29(27)32(31,23-13-4-2-5-14-23)24-15-6-3-7-16-24/h2-20,30H,1H3. The van der Waals surface area contributed by atoms with E-state index in [1.54, 1.807) is 6.07 Å². The van der Waals surface area contributed by atoms with Gasteiger partial charge >= 0.3 is 0 Å². The third-order valence-corrected chi connectivity index (χ3v) is 9.04. The van der Waals surface area contributed by atoms with E-state index in [1.807, 2.05) is 110 Å². The van der Waals surface area contributed by atoms with Crippen molar-refractivity contribution >= 4 is 33.8 Å². The van der Waals surface area contributed by atoms with Crippen LogP contribution in [-0.2, 0) is 4.57 Å². The van der Waals surface area contributed by atoms with Crippen molar-refractivity contribution in [1.29, 1.82) is 0 Å². The van der Waals surface area contributed by atoms with Gasteiger partial charge in [-0.05, 0) is 29.5 Å². The maximum absolute atomic E-state index is 15.3. The SMILES string of the molecule is Cc1cccc(-c2cc(O)c3ccccc3c2P(=O)(c2ccccc2)c2ccccc2)c1. The van der Waals surface area contributed by atoms with E-state index in [0.29, 0.717) is 5.39 Å². The molecule has 0 heterocycles. The van der Waals surface area contributed by atoms with Crippen LogP contribution in [0.1, 0.15) is 5.56 Å². The minimum absolute atomic E-state index is 0.188. The number of phenols is 1. The van der Waals surface area contributed by atoms with Gasteiger partial charge in [0.25, 0.3) is 0 Å². The third kappa shape index (κ3) is 3.34. The Labute approximate surface area is 188 Å². The van der Waals surface area contributed by atoms with Crippen molar-refractivity contribution < 1.29 is 9.67 Å². The second kappa shape index (κ2) is 8.15. The van der Waals surface area contributed by atoms with Gasteiger partial charge < -0.3 is 9.67 Å². The molecule has 5 aromatic rings. The number of aryl methyl sites for hydroxylation is 1. The molecule has 0 aromatic heterocycles. The molecule has 0 spiro atoms. The maximum Gasteiger partial charge on any atom is 0.172 e. The minimum atomic E-state index is -3.27. The summed E-state index contributed by atoms with van der Waals surface area (Å²) in [7, 11) is -3.27. The normalized spacial score (nSPS) is 11.5. The van der Waals surface area contributed by atoms with Crippen molar-refractivity contribution in [3.05, 3.63) is 121 Å². The topological polar surface area (TPSA) is 37.3 Å². The van der Waals surface area contributed by atoms with Crippen LogP contribution in [0, 0.1) is 6.92 Å². The van der Waals surface area contributed by atoms with E-state index in [1.165, 1.54) is 0 Å². The molecule has 3 heteroatoms. The van der Waals surface area contributed by atoms with Gasteiger partial charge in [-0.3, -0.25) is 0 Å². The lowest BCUT2D eigenvalue weighted by Gasteiger charge is -2.25. The summed E-state index contributed by atoms with van der Waals surface area (Å²) in [5, 5.41) is 14.7. The highest BCUT2D eigenvalue weighted by Crippen LogP contribution is 2.48. The third-order valence-electron chi connectivity index (χ3n) is 5.88. The van der Waals surface area contributed by atoms with Crippen LogP contribution in [0.4, 0.5) is 0 Å². The lowest BCUT2D eigenvalue weighted by atomic mass is 9.99. The van der Waals surface area contributed by atoms with E-state index >= 15 is 4.57 Å². The summed E-state index contributed by atoms with van der Waals surface area (Å²) < 4.78 is 15.3. The molecule has 0 radical (unpaired) electrons. The molecular weight excluding hydrogens is 411 g/mol. The Balaban J connectivity index is 1.98. The Morgan fingerprint density at radius 2 is 1.19 bits per heavy atom. The molecule has 0 fully saturated rings. The van der Waals surface area contributed by atoms with E-state index in [2.05, 4.69) is 6.07 Å². The summed E-state index contributed by atoms with van der Waals surface area (Å²) >= 11 is 0. The zero-order valence-corrected chi connectivity index (χ0v) is 18.7. The lowest BCUT2D eigenvalue weighted by Crippen LogP contribution is -2.27. The summed E-state index contributed by atoms with van der Waals surface area (Å²) in [6, 6.07) is 36.9. The second-order valence-electron chi connectivity index (χ2n) is 7.99. The monoisotopic (exact) mass is 434 g/mol. The molecule has 5 rings (SSSR count). The van der Waals surface area contributed by atoms with Crippen molar-refractivity contribution in [2.45, 2.75) is 6.92 Å².